The van der Waals surface area contributed by atoms with Crippen LogP contribution in [-0.4, -0.2) is 52.1 Å². The maximum absolute atomic E-state index is 11.8. The van der Waals surface area contributed by atoms with Crippen molar-refractivity contribution in [2.24, 2.45) is 0 Å². The highest BCUT2D eigenvalue weighted by molar-refractivity contribution is 8.00. The molecule has 1 aliphatic rings. The van der Waals surface area contributed by atoms with Crippen molar-refractivity contribution >= 4 is 23.8 Å². The van der Waals surface area contributed by atoms with Gasteiger partial charge in [-0.05, 0) is 32.4 Å². The van der Waals surface area contributed by atoms with Gasteiger partial charge in [-0.1, -0.05) is 0 Å². The second kappa shape index (κ2) is 6.14. The summed E-state index contributed by atoms with van der Waals surface area (Å²) in [6.45, 7) is 4.67. The standard InChI is InChI=1S/C11H20N2O3S/c1-3-13(7-9(14)15)10(16)12-8-11(2)5-4-6-17-11/h3-8H2,1-2H3,(H,12,16)(H,14,15). The first kappa shape index (κ1) is 14.2. The molecule has 5 nitrogen and oxygen atoms in total. The van der Waals surface area contributed by atoms with Crippen molar-refractivity contribution in [2.75, 3.05) is 25.4 Å². The molecule has 0 spiro atoms. The highest BCUT2D eigenvalue weighted by atomic mass is 32.2. The van der Waals surface area contributed by atoms with E-state index in [2.05, 4.69) is 12.2 Å². The molecule has 2 N–H and O–H groups in total. The number of thioether (sulfide) groups is 1. The summed E-state index contributed by atoms with van der Waals surface area (Å²) in [5, 5.41) is 11.5. The van der Waals surface area contributed by atoms with Crippen LogP contribution in [0, 0.1) is 0 Å². The van der Waals surface area contributed by atoms with Gasteiger partial charge in [-0.3, -0.25) is 4.79 Å². The maximum atomic E-state index is 11.8. The molecule has 2 amide bonds. The number of carbonyl (C=O) groups is 2. The van der Waals surface area contributed by atoms with Gasteiger partial charge < -0.3 is 15.3 Å². The van der Waals surface area contributed by atoms with E-state index in [1.165, 1.54) is 11.3 Å². The second-order valence-corrected chi connectivity index (χ2v) is 6.15. The van der Waals surface area contributed by atoms with Crippen LogP contribution in [0.25, 0.3) is 0 Å². The lowest BCUT2D eigenvalue weighted by Gasteiger charge is -2.26. The van der Waals surface area contributed by atoms with Crippen LogP contribution in [0.5, 0.6) is 0 Å². The van der Waals surface area contributed by atoms with E-state index in [4.69, 9.17) is 5.11 Å². The zero-order chi connectivity index (χ0) is 12.9. The average Bonchev–Trinajstić information content (AvgIpc) is 2.70. The fourth-order valence-electron chi connectivity index (χ4n) is 1.84. The Morgan fingerprint density at radius 2 is 2.24 bits per heavy atom. The Kier molecular flexibility index (Phi) is 5.11. The highest BCUT2D eigenvalue weighted by Crippen LogP contribution is 2.36. The van der Waals surface area contributed by atoms with Crippen LogP contribution in [0.1, 0.15) is 26.7 Å². The zero-order valence-corrected chi connectivity index (χ0v) is 11.2. The molecular formula is C11H20N2O3S. The van der Waals surface area contributed by atoms with E-state index >= 15 is 0 Å². The van der Waals surface area contributed by atoms with E-state index < -0.39 is 5.97 Å². The summed E-state index contributed by atoms with van der Waals surface area (Å²) in [6.07, 6.45) is 2.28. The molecule has 0 aromatic heterocycles. The molecule has 1 fully saturated rings. The van der Waals surface area contributed by atoms with Crippen molar-refractivity contribution in [1.29, 1.82) is 0 Å². The number of rotatable bonds is 5. The number of hydrogen-bond acceptors (Lipinski definition) is 3. The molecular weight excluding hydrogens is 240 g/mol. The van der Waals surface area contributed by atoms with Crippen molar-refractivity contribution in [3.05, 3.63) is 0 Å². The SMILES string of the molecule is CCN(CC(=O)O)C(=O)NCC1(C)CCCS1. The summed E-state index contributed by atoms with van der Waals surface area (Å²) in [5.74, 6) is 0.155. The van der Waals surface area contributed by atoms with Crippen LogP contribution in [-0.2, 0) is 4.79 Å². The molecule has 0 saturated carbocycles. The first-order valence-corrected chi connectivity index (χ1v) is 6.84. The number of urea groups is 1. The number of nitrogens with one attached hydrogen (secondary N) is 1. The van der Waals surface area contributed by atoms with Gasteiger partial charge in [0.25, 0.3) is 0 Å². The monoisotopic (exact) mass is 260 g/mol. The second-order valence-electron chi connectivity index (χ2n) is 4.47. The molecule has 1 rings (SSSR count). The van der Waals surface area contributed by atoms with Crippen molar-refractivity contribution in [1.82, 2.24) is 10.2 Å². The molecule has 17 heavy (non-hydrogen) atoms. The van der Waals surface area contributed by atoms with Gasteiger partial charge >= 0.3 is 12.0 Å². The first-order chi connectivity index (χ1) is 7.97. The molecule has 0 aromatic rings. The van der Waals surface area contributed by atoms with E-state index in [1.54, 1.807) is 6.92 Å². The number of likely N-dealkylation sites (N-methyl/N-ethyl adjacent to an activating group) is 1. The molecule has 1 atom stereocenters. The molecule has 6 heteroatoms. The molecule has 98 valence electrons. The molecule has 1 heterocycles. The van der Waals surface area contributed by atoms with Crippen LogP contribution in [0.4, 0.5) is 4.79 Å². The van der Waals surface area contributed by atoms with E-state index in [1.807, 2.05) is 11.8 Å². The number of carboxylic acids is 1. The smallest absolute Gasteiger partial charge is 0.323 e. The molecule has 1 unspecified atom stereocenters. The topological polar surface area (TPSA) is 69.6 Å². The third-order valence-electron chi connectivity index (χ3n) is 2.91. The molecule has 0 aromatic carbocycles. The number of hydrogen-bond donors (Lipinski definition) is 2. The van der Waals surface area contributed by atoms with Crippen LogP contribution < -0.4 is 5.32 Å². The molecule has 0 aliphatic carbocycles. The summed E-state index contributed by atoms with van der Waals surface area (Å²) in [7, 11) is 0. The van der Waals surface area contributed by atoms with Gasteiger partial charge in [0.2, 0.25) is 0 Å². The molecule has 0 bridgehead atoms. The predicted octanol–water partition coefficient (Wildman–Crippen LogP) is 1.39. The van der Waals surface area contributed by atoms with Crippen LogP contribution in [0.2, 0.25) is 0 Å². The Morgan fingerprint density at radius 3 is 2.71 bits per heavy atom. The van der Waals surface area contributed by atoms with Crippen LogP contribution >= 0.6 is 11.8 Å². The normalized spacial score (nSPS) is 23.4. The first-order valence-electron chi connectivity index (χ1n) is 5.85. The summed E-state index contributed by atoms with van der Waals surface area (Å²) >= 11 is 1.87. The van der Waals surface area contributed by atoms with Gasteiger partial charge in [0.05, 0.1) is 0 Å². The molecule has 0 radical (unpaired) electrons. The van der Waals surface area contributed by atoms with Gasteiger partial charge in [0.1, 0.15) is 6.54 Å². The Bertz CT molecular complexity index is 290. The van der Waals surface area contributed by atoms with E-state index in [-0.39, 0.29) is 17.3 Å². The Hall–Kier alpha value is -0.910. The fourth-order valence-corrected chi connectivity index (χ4v) is 3.09. The fraction of sp³-hybridized carbons (Fsp3) is 0.818. The third kappa shape index (κ3) is 4.46. The van der Waals surface area contributed by atoms with Crippen molar-refractivity contribution in [3.8, 4) is 0 Å². The van der Waals surface area contributed by atoms with Crippen LogP contribution in [0.3, 0.4) is 0 Å². The van der Waals surface area contributed by atoms with E-state index in [0.29, 0.717) is 13.1 Å². The van der Waals surface area contributed by atoms with Gasteiger partial charge in [0.15, 0.2) is 0 Å². The summed E-state index contributed by atoms with van der Waals surface area (Å²) in [5.41, 5.74) is 0. The summed E-state index contributed by atoms with van der Waals surface area (Å²) < 4.78 is 0.109. The van der Waals surface area contributed by atoms with Crippen LogP contribution in [0.15, 0.2) is 0 Å². The Morgan fingerprint density at radius 1 is 1.53 bits per heavy atom. The van der Waals surface area contributed by atoms with Gasteiger partial charge in [0, 0.05) is 17.8 Å². The maximum Gasteiger partial charge on any atom is 0.323 e. The number of amides is 2. The van der Waals surface area contributed by atoms with E-state index in [9.17, 15) is 9.59 Å². The zero-order valence-electron chi connectivity index (χ0n) is 10.4. The quantitative estimate of drug-likeness (QED) is 0.783. The number of carbonyl (C=O) groups excluding carboxylic acids is 1. The van der Waals surface area contributed by atoms with Crippen molar-refractivity contribution in [2.45, 2.75) is 31.4 Å². The van der Waals surface area contributed by atoms with Gasteiger partial charge in [-0.25, -0.2) is 4.79 Å². The number of aliphatic carboxylic acids is 1. The van der Waals surface area contributed by atoms with Gasteiger partial charge in [-0.15, -0.1) is 0 Å². The van der Waals surface area contributed by atoms with Crippen molar-refractivity contribution < 1.29 is 14.7 Å². The summed E-state index contributed by atoms with van der Waals surface area (Å²) in [4.78, 5) is 23.6. The molecule has 1 aliphatic heterocycles. The minimum Gasteiger partial charge on any atom is -0.480 e. The lowest BCUT2D eigenvalue weighted by molar-refractivity contribution is -0.137. The number of nitrogens with zero attached hydrogens (tertiary/aromatic N) is 1. The molecule has 1 saturated heterocycles. The van der Waals surface area contributed by atoms with E-state index in [0.717, 1.165) is 12.2 Å². The lowest BCUT2D eigenvalue weighted by Crippen LogP contribution is -2.46. The Labute approximate surface area is 106 Å². The third-order valence-corrected chi connectivity index (χ3v) is 4.45. The highest BCUT2D eigenvalue weighted by Gasteiger charge is 2.30. The summed E-state index contributed by atoms with van der Waals surface area (Å²) in [6, 6.07) is -0.288. The lowest BCUT2D eigenvalue weighted by atomic mass is 10.1. The minimum absolute atomic E-state index is 0.109. The predicted molar refractivity (Wildman–Crippen MR) is 68.4 cm³/mol. The minimum atomic E-state index is -0.983. The number of carboxylic acid groups (broad SMARTS) is 1. The van der Waals surface area contributed by atoms with Gasteiger partial charge in [-0.2, -0.15) is 11.8 Å². The Balaban J connectivity index is 2.39. The van der Waals surface area contributed by atoms with Crippen molar-refractivity contribution in [3.63, 3.8) is 0 Å². The average molecular weight is 260 g/mol. The largest absolute Gasteiger partial charge is 0.480 e.